The molecule has 4 N–H and O–H groups in total. The lowest BCUT2D eigenvalue weighted by Gasteiger charge is -2.13. The number of anilines is 2. The zero-order chi connectivity index (χ0) is 10.1. The highest BCUT2D eigenvalue weighted by molar-refractivity contribution is 7.19. The summed E-state index contributed by atoms with van der Waals surface area (Å²) in [5, 5.41) is 1.58. The van der Waals surface area contributed by atoms with Gasteiger partial charge in [-0.25, -0.2) is 4.98 Å². The maximum atomic E-state index is 10.9. The fourth-order valence-corrected chi connectivity index (χ4v) is 2.31. The average molecular weight is 212 g/mol. The Morgan fingerprint density at radius 1 is 1.71 bits per heavy atom. The van der Waals surface area contributed by atoms with Crippen LogP contribution in [-0.2, 0) is 4.79 Å². The molecule has 0 aliphatic carbocycles. The first-order valence-corrected chi connectivity index (χ1v) is 5.24. The van der Waals surface area contributed by atoms with E-state index in [4.69, 9.17) is 11.5 Å². The van der Waals surface area contributed by atoms with Crippen molar-refractivity contribution in [3.05, 3.63) is 6.20 Å². The molecule has 1 unspecified atom stereocenters. The summed E-state index contributed by atoms with van der Waals surface area (Å²) in [6.45, 7) is 1.50. The molecule has 0 spiro atoms. The monoisotopic (exact) mass is 212 g/mol. The number of thiazole rings is 1. The molecule has 1 aliphatic heterocycles. The summed E-state index contributed by atoms with van der Waals surface area (Å²) in [4.78, 5) is 17.1. The maximum Gasteiger partial charge on any atom is 0.222 e. The summed E-state index contributed by atoms with van der Waals surface area (Å²) in [7, 11) is 0. The summed E-state index contributed by atoms with van der Waals surface area (Å²) in [5.41, 5.74) is 10.8. The van der Waals surface area contributed by atoms with E-state index in [-0.39, 0.29) is 11.8 Å². The molecule has 0 aromatic carbocycles. The number of rotatable bonds is 2. The molecule has 1 aromatic heterocycles. The van der Waals surface area contributed by atoms with Gasteiger partial charge in [-0.3, -0.25) is 4.79 Å². The number of hydrogen-bond acceptors (Lipinski definition) is 5. The van der Waals surface area contributed by atoms with Crippen molar-refractivity contribution < 1.29 is 4.79 Å². The molecule has 2 heterocycles. The molecule has 14 heavy (non-hydrogen) atoms. The van der Waals surface area contributed by atoms with Gasteiger partial charge in [-0.1, -0.05) is 11.3 Å². The van der Waals surface area contributed by atoms with Gasteiger partial charge in [-0.05, 0) is 6.42 Å². The van der Waals surface area contributed by atoms with Gasteiger partial charge in [0.15, 0.2) is 5.13 Å². The predicted octanol–water partition coefficient (Wildman–Crippen LogP) is 0.0369. The predicted molar refractivity (Wildman–Crippen MR) is 56.0 cm³/mol. The molecule has 5 nitrogen and oxygen atoms in total. The highest BCUT2D eigenvalue weighted by atomic mass is 32.1. The van der Waals surface area contributed by atoms with Crippen LogP contribution in [-0.4, -0.2) is 24.0 Å². The molecule has 0 radical (unpaired) electrons. The fourth-order valence-electron chi connectivity index (χ4n) is 1.59. The van der Waals surface area contributed by atoms with Gasteiger partial charge in [0.05, 0.1) is 12.1 Å². The Kier molecular flexibility index (Phi) is 2.28. The van der Waals surface area contributed by atoms with Crippen LogP contribution in [0.15, 0.2) is 6.20 Å². The molecule has 1 atom stereocenters. The van der Waals surface area contributed by atoms with Crippen LogP contribution >= 0.6 is 11.3 Å². The molecule has 2 rings (SSSR count). The van der Waals surface area contributed by atoms with Crippen molar-refractivity contribution in [3.63, 3.8) is 0 Å². The molecule has 1 aliphatic rings. The van der Waals surface area contributed by atoms with E-state index in [0.29, 0.717) is 11.5 Å². The molecule has 0 saturated carbocycles. The first-order valence-electron chi connectivity index (χ1n) is 4.42. The number of primary amides is 1. The van der Waals surface area contributed by atoms with Crippen LogP contribution in [0, 0.1) is 5.92 Å². The number of aromatic nitrogens is 1. The lowest BCUT2D eigenvalue weighted by molar-refractivity contribution is -0.121. The van der Waals surface area contributed by atoms with Crippen molar-refractivity contribution in [1.29, 1.82) is 0 Å². The Hall–Kier alpha value is -1.30. The number of hydrogen-bond donors (Lipinski definition) is 2. The summed E-state index contributed by atoms with van der Waals surface area (Å²) >= 11 is 1.44. The summed E-state index contributed by atoms with van der Waals surface area (Å²) in [6, 6.07) is 0. The zero-order valence-corrected chi connectivity index (χ0v) is 8.46. The van der Waals surface area contributed by atoms with E-state index in [2.05, 4.69) is 9.88 Å². The first-order chi connectivity index (χ1) is 6.66. The quantitative estimate of drug-likeness (QED) is 0.724. The number of nitrogens with two attached hydrogens (primary N) is 2. The number of amides is 1. The third-order valence-corrected chi connectivity index (χ3v) is 3.26. The lowest BCUT2D eigenvalue weighted by Crippen LogP contribution is -2.27. The van der Waals surface area contributed by atoms with E-state index in [1.165, 1.54) is 11.3 Å². The highest BCUT2D eigenvalue weighted by Crippen LogP contribution is 2.28. The van der Waals surface area contributed by atoms with Gasteiger partial charge in [-0.15, -0.1) is 0 Å². The van der Waals surface area contributed by atoms with Crippen LogP contribution in [0.25, 0.3) is 0 Å². The van der Waals surface area contributed by atoms with Gasteiger partial charge in [0, 0.05) is 13.1 Å². The Bertz CT molecular complexity index is 351. The van der Waals surface area contributed by atoms with Gasteiger partial charge in [0.25, 0.3) is 0 Å². The van der Waals surface area contributed by atoms with Crippen molar-refractivity contribution in [2.75, 3.05) is 23.7 Å². The minimum absolute atomic E-state index is 0.0416. The van der Waals surface area contributed by atoms with Crippen LogP contribution in [0.5, 0.6) is 0 Å². The van der Waals surface area contributed by atoms with Crippen molar-refractivity contribution in [2.45, 2.75) is 6.42 Å². The summed E-state index contributed by atoms with van der Waals surface area (Å²) < 4.78 is 0. The lowest BCUT2D eigenvalue weighted by atomic mass is 10.1. The normalized spacial score (nSPS) is 21.4. The molecule has 1 saturated heterocycles. The van der Waals surface area contributed by atoms with Gasteiger partial charge in [0.2, 0.25) is 5.91 Å². The SMILES string of the molecule is NC(=O)C1CCN(c2ncc(N)s2)C1. The topological polar surface area (TPSA) is 85.2 Å². The average Bonchev–Trinajstić information content (AvgIpc) is 2.70. The van der Waals surface area contributed by atoms with E-state index in [9.17, 15) is 4.79 Å². The number of nitrogens with zero attached hydrogens (tertiary/aromatic N) is 2. The van der Waals surface area contributed by atoms with Gasteiger partial charge < -0.3 is 16.4 Å². The number of carbonyl (C=O) groups excluding carboxylic acids is 1. The Labute approximate surface area is 85.7 Å². The summed E-state index contributed by atoms with van der Waals surface area (Å²) in [6.07, 6.45) is 2.45. The molecule has 6 heteroatoms. The second-order valence-electron chi connectivity index (χ2n) is 3.38. The Morgan fingerprint density at radius 3 is 3.00 bits per heavy atom. The molecule has 1 amide bonds. The maximum absolute atomic E-state index is 10.9. The van der Waals surface area contributed by atoms with E-state index < -0.39 is 0 Å². The van der Waals surface area contributed by atoms with Crippen LogP contribution in [0.4, 0.5) is 10.1 Å². The van der Waals surface area contributed by atoms with E-state index in [0.717, 1.165) is 18.1 Å². The van der Waals surface area contributed by atoms with Gasteiger partial charge in [-0.2, -0.15) is 0 Å². The zero-order valence-electron chi connectivity index (χ0n) is 7.64. The molecule has 1 aromatic rings. The van der Waals surface area contributed by atoms with E-state index in [1.54, 1.807) is 6.20 Å². The number of carbonyl (C=O) groups is 1. The second-order valence-corrected chi connectivity index (χ2v) is 4.42. The minimum atomic E-state index is -0.225. The second kappa shape index (κ2) is 3.45. The van der Waals surface area contributed by atoms with Gasteiger partial charge >= 0.3 is 0 Å². The van der Waals surface area contributed by atoms with Gasteiger partial charge in [0.1, 0.15) is 5.00 Å². The standard InChI is InChI=1S/C8H12N4OS/c9-6-3-11-8(14-6)12-2-1-5(4-12)7(10)13/h3,5H,1-2,4,9H2,(H2,10,13). The van der Waals surface area contributed by atoms with Crippen molar-refractivity contribution >= 4 is 27.4 Å². The van der Waals surface area contributed by atoms with Crippen molar-refractivity contribution in [1.82, 2.24) is 4.98 Å². The third kappa shape index (κ3) is 1.65. The minimum Gasteiger partial charge on any atom is -0.389 e. The molecule has 76 valence electrons. The smallest absolute Gasteiger partial charge is 0.222 e. The molecular formula is C8H12N4OS. The van der Waals surface area contributed by atoms with Crippen LogP contribution in [0.1, 0.15) is 6.42 Å². The largest absolute Gasteiger partial charge is 0.389 e. The third-order valence-electron chi connectivity index (χ3n) is 2.37. The van der Waals surface area contributed by atoms with Crippen molar-refractivity contribution in [2.24, 2.45) is 11.7 Å². The van der Waals surface area contributed by atoms with Crippen LogP contribution < -0.4 is 16.4 Å². The van der Waals surface area contributed by atoms with Crippen LogP contribution in [0.3, 0.4) is 0 Å². The first kappa shape index (κ1) is 9.26. The van der Waals surface area contributed by atoms with Crippen molar-refractivity contribution in [3.8, 4) is 0 Å². The molecular weight excluding hydrogens is 200 g/mol. The van der Waals surface area contributed by atoms with Crippen LogP contribution in [0.2, 0.25) is 0 Å². The Balaban J connectivity index is 2.05. The molecule has 0 bridgehead atoms. The highest BCUT2D eigenvalue weighted by Gasteiger charge is 2.27. The number of nitrogen functional groups attached to an aromatic ring is 1. The summed E-state index contributed by atoms with van der Waals surface area (Å²) in [5.74, 6) is -0.267. The molecule has 1 fully saturated rings. The van der Waals surface area contributed by atoms with E-state index >= 15 is 0 Å². The fraction of sp³-hybridized carbons (Fsp3) is 0.500. The van der Waals surface area contributed by atoms with E-state index in [1.807, 2.05) is 0 Å². The Morgan fingerprint density at radius 2 is 2.50 bits per heavy atom.